The molecule has 1 fully saturated rings. The normalized spacial score (nSPS) is 13.7. The average molecular weight is 439 g/mol. The number of carbonyl (C=O) groups is 1. The first kappa shape index (κ1) is 21.1. The van der Waals surface area contributed by atoms with Crippen molar-refractivity contribution in [3.63, 3.8) is 0 Å². The summed E-state index contributed by atoms with van der Waals surface area (Å²) in [6.45, 7) is 4.82. The molecular weight excluding hydrogens is 416 g/mol. The number of aryl methyl sites for hydroxylation is 1. The number of morpholine rings is 1. The van der Waals surface area contributed by atoms with Gasteiger partial charge in [0.25, 0.3) is 5.91 Å². The summed E-state index contributed by atoms with van der Waals surface area (Å²) < 4.78 is 10.9. The van der Waals surface area contributed by atoms with Gasteiger partial charge in [0.2, 0.25) is 0 Å². The summed E-state index contributed by atoms with van der Waals surface area (Å²) in [7, 11) is 0. The molecule has 2 aromatic carbocycles. The predicted molar refractivity (Wildman–Crippen MR) is 121 cm³/mol. The Balaban J connectivity index is 1.37. The topological polar surface area (TPSA) is 76.6 Å². The Hall–Kier alpha value is -3.16. The predicted octanol–water partition coefficient (Wildman–Crippen LogP) is 3.96. The van der Waals surface area contributed by atoms with Crippen molar-refractivity contribution in [2.75, 3.05) is 43.1 Å². The molecule has 1 aliphatic heterocycles. The van der Waals surface area contributed by atoms with Gasteiger partial charge in [-0.3, -0.25) is 4.79 Å². The monoisotopic (exact) mass is 438 g/mol. The van der Waals surface area contributed by atoms with E-state index in [1.807, 2.05) is 43.3 Å². The first-order valence-electron chi connectivity index (χ1n) is 10.0. The van der Waals surface area contributed by atoms with Gasteiger partial charge >= 0.3 is 0 Å². The fraction of sp³-hybridized carbons (Fsp3) is 0.261. The molecule has 0 radical (unpaired) electrons. The Bertz CT molecular complexity index is 1050. The van der Waals surface area contributed by atoms with E-state index in [4.69, 9.17) is 21.1 Å². The molecule has 0 aliphatic carbocycles. The quantitative estimate of drug-likeness (QED) is 0.627. The molecule has 3 aromatic rings. The van der Waals surface area contributed by atoms with Gasteiger partial charge in [-0.25, -0.2) is 0 Å². The van der Waals surface area contributed by atoms with Crippen LogP contribution in [0, 0.1) is 6.92 Å². The Kier molecular flexibility index (Phi) is 6.64. The smallest absolute Gasteiger partial charge is 0.262 e. The van der Waals surface area contributed by atoms with Crippen LogP contribution in [0.5, 0.6) is 5.75 Å². The Morgan fingerprint density at radius 3 is 2.71 bits per heavy atom. The van der Waals surface area contributed by atoms with Gasteiger partial charge < -0.3 is 19.7 Å². The SMILES string of the molecule is Cc1cc(OCC(=O)Nc2cccc(-c3ccc(N4CCOCC4)nn3)c2)ccc1Cl. The summed E-state index contributed by atoms with van der Waals surface area (Å²) in [5, 5.41) is 12.2. The standard InChI is InChI=1S/C23H23ClN4O3/c1-16-13-19(5-6-20(16)24)31-15-23(29)25-18-4-2-3-17(14-18)21-7-8-22(27-26-21)28-9-11-30-12-10-28/h2-8,13-14H,9-12,15H2,1H3,(H,25,29). The van der Waals surface area contributed by atoms with Crippen LogP contribution < -0.4 is 15.0 Å². The van der Waals surface area contributed by atoms with E-state index < -0.39 is 0 Å². The number of aromatic nitrogens is 2. The lowest BCUT2D eigenvalue weighted by Crippen LogP contribution is -2.36. The molecule has 0 atom stereocenters. The number of rotatable bonds is 6. The summed E-state index contributed by atoms with van der Waals surface area (Å²) in [4.78, 5) is 14.5. The molecule has 0 unspecified atom stereocenters. The first-order valence-corrected chi connectivity index (χ1v) is 10.4. The van der Waals surface area contributed by atoms with Crippen LogP contribution in [-0.4, -0.2) is 49.0 Å². The van der Waals surface area contributed by atoms with Crippen LogP contribution in [0.3, 0.4) is 0 Å². The molecule has 4 rings (SSSR count). The van der Waals surface area contributed by atoms with Gasteiger partial charge in [0.05, 0.1) is 18.9 Å². The van der Waals surface area contributed by atoms with Crippen LogP contribution in [0.2, 0.25) is 5.02 Å². The van der Waals surface area contributed by atoms with Crippen molar-refractivity contribution in [1.82, 2.24) is 10.2 Å². The fourth-order valence-electron chi connectivity index (χ4n) is 3.25. The molecule has 0 saturated carbocycles. The summed E-state index contributed by atoms with van der Waals surface area (Å²) in [6.07, 6.45) is 0. The van der Waals surface area contributed by atoms with Crippen LogP contribution in [0.4, 0.5) is 11.5 Å². The average Bonchev–Trinajstić information content (AvgIpc) is 2.81. The second kappa shape index (κ2) is 9.76. The van der Waals surface area contributed by atoms with Crippen molar-refractivity contribution in [3.8, 4) is 17.0 Å². The van der Waals surface area contributed by atoms with Crippen LogP contribution >= 0.6 is 11.6 Å². The minimum Gasteiger partial charge on any atom is -0.484 e. The van der Waals surface area contributed by atoms with Crippen molar-refractivity contribution in [1.29, 1.82) is 0 Å². The molecule has 1 N–H and O–H groups in total. The van der Waals surface area contributed by atoms with Crippen LogP contribution in [0.25, 0.3) is 11.3 Å². The van der Waals surface area contributed by atoms with Gasteiger partial charge in [-0.1, -0.05) is 23.7 Å². The maximum atomic E-state index is 12.3. The van der Waals surface area contributed by atoms with Crippen LogP contribution in [0.15, 0.2) is 54.6 Å². The van der Waals surface area contributed by atoms with E-state index in [-0.39, 0.29) is 12.5 Å². The number of amides is 1. The molecule has 1 aromatic heterocycles. The number of benzene rings is 2. The molecule has 1 saturated heterocycles. The van der Waals surface area contributed by atoms with Gasteiger partial charge in [0.15, 0.2) is 12.4 Å². The number of anilines is 2. The highest BCUT2D eigenvalue weighted by atomic mass is 35.5. The number of hydrogen-bond acceptors (Lipinski definition) is 6. The molecule has 0 bridgehead atoms. The zero-order chi connectivity index (χ0) is 21.6. The molecular formula is C23H23ClN4O3. The molecule has 7 nitrogen and oxygen atoms in total. The highest BCUT2D eigenvalue weighted by Gasteiger charge is 2.13. The van der Waals surface area contributed by atoms with Crippen LogP contribution in [-0.2, 0) is 9.53 Å². The summed E-state index contributed by atoms with van der Waals surface area (Å²) in [6, 6.07) is 16.7. The summed E-state index contributed by atoms with van der Waals surface area (Å²) >= 11 is 6.01. The van der Waals surface area contributed by atoms with Gasteiger partial charge in [-0.15, -0.1) is 10.2 Å². The number of nitrogens with zero attached hydrogens (tertiary/aromatic N) is 3. The van der Waals surface area contributed by atoms with E-state index in [0.29, 0.717) is 29.7 Å². The van der Waals surface area contributed by atoms with E-state index in [1.54, 1.807) is 18.2 Å². The Labute approximate surface area is 186 Å². The minimum absolute atomic E-state index is 0.0979. The number of halogens is 1. The van der Waals surface area contributed by atoms with E-state index >= 15 is 0 Å². The van der Waals surface area contributed by atoms with Crippen molar-refractivity contribution >= 4 is 29.0 Å². The zero-order valence-corrected chi connectivity index (χ0v) is 17.9. The van der Waals surface area contributed by atoms with E-state index in [0.717, 1.165) is 35.7 Å². The molecule has 31 heavy (non-hydrogen) atoms. The number of nitrogens with one attached hydrogen (secondary N) is 1. The lowest BCUT2D eigenvalue weighted by molar-refractivity contribution is -0.118. The van der Waals surface area contributed by atoms with Gasteiger partial charge in [-0.2, -0.15) is 0 Å². The molecule has 8 heteroatoms. The van der Waals surface area contributed by atoms with Crippen molar-refractivity contribution < 1.29 is 14.3 Å². The second-order valence-corrected chi connectivity index (χ2v) is 7.61. The van der Waals surface area contributed by atoms with E-state index in [9.17, 15) is 4.79 Å². The molecule has 1 aliphatic rings. The van der Waals surface area contributed by atoms with Crippen molar-refractivity contribution in [2.45, 2.75) is 6.92 Å². The summed E-state index contributed by atoms with van der Waals surface area (Å²) in [5.41, 5.74) is 3.17. The molecule has 0 spiro atoms. The maximum absolute atomic E-state index is 12.3. The molecule has 1 amide bonds. The highest BCUT2D eigenvalue weighted by Crippen LogP contribution is 2.23. The Morgan fingerprint density at radius 1 is 1.13 bits per heavy atom. The highest BCUT2D eigenvalue weighted by molar-refractivity contribution is 6.31. The molecule has 2 heterocycles. The zero-order valence-electron chi connectivity index (χ0n) is 17.2. The number of carbonyl (C=O) groups excluding carboxylic acids is 1. The third kappa shape index (κ3) is 5.51. The van der Waals surface area contributed by atoms with Gasteiger partial charge in [0, 0.05) is 29.4 Å². The lowest BCUT2D eigenvalue weighted by atomic mass is 10.1. The lowest BCUT2D eigenvalue weighted by Gasteiger charge is -2.27. The number of hydrogen-bond donors (Lipinski definition) is 1. The van der Waals surface area contributed by atoms with Crippen molar-refractivity contribution in [2.24, 2.45) is 0 Å². The fourth-order valence-corrected chi connectivity index (χ4v) is 3.37. The minimum atomic E-state index is -0.251. The first-order chi connectivity index (χ1) is 15.1. The largest absolute Gasteiger partial charge is 0.484 e. The second-order valence-electron chi connectivity index (χ2n) is 7.20. The van der Waals surface area contributed by atoms with Gasteiger partial charge in [-0.05, 0) is 55.0 Å². The molecule has 160 valence electrons. The maximum Gasteiger partial charge on any atom is 0.262 e. The number of ether oxygens (including phenoxy) is 2. The third-order valence-corrected chi connectivity index (χ3v) is 5.35. The van der Waals surface area contributed by atoms with Crippen LogP contribution in [0.1, 0.15) is 5.56 Å². The Morgan fingerprint density at radius 2 is 1.97 bits per heavy atom. The van der Waals surface area contributed by atoms with E-state index in [1.165, 1.54) is 0 Å². The third-order valence-electron chi connectivity index (χ3n) is 4.93. The van der Waals surface area contributed by atoms with Gasteiger partial charge in [0.1, 0.15) is 5.75 Å². The van der Waals surface area contributed by atoms with E-state index in [2.05, 4.69) is 20.4 Å². The summed E-state index contributed by atoms with van der Waals surface area (Å²) in [5.74, 6) is 1.19. The van der Waals surface area contributed by atoms with Crippen molar-refractivity contribution in [3.05, 3.63) is 65.2 Å².